The summed E-state index contributed by atoms with van der Waals surface area (Å²) in [4.78, 5) is 15.8. The highest BCUT2D eigenvalue weighted by Gasteiger charge is 2.11. The fourth-order valence-corrected chi connectivity index (χ4v) is 1.82. The highest BCUT2D eigenvalue weighted by molar-refractivity contribution is 5.07. The molecule has 0 saturated carbocycles. The SMILES string of the molecule is Cc1cc(=O)c(CO)nn1Cc1nc(CC(C)C)no1. The Labute approximate surface area is 116 Å². The summed E-state index contributed by atoms with van der Waals surface area (Å²) in [5, 5.41) is 17.1. The molecule has 0 aromatic carbocycles. The van der Waals surface area contributed by atoms with Crippen molar-refractivity contribution in [3.8, 4) is 0 Å². The molecule has 0 amide bonds. The molecule has 108 valence electrons. The zero-order chi connectivity index (χ0) is 14.7. The van der Waals surface area contributed by atoms with E-state index in [0.29, 0.717) is 23.3 Å². The molecule has 0 atom stereocenters. The second kappa shape index (κ2) is 5.96. The minimum absolute atomic E-state index is 0.109. The van der Waals surface area contributed by atoms with Gasteiger partial charge in [-0.05, 0) is 12.8 Å². The molecular weight excluding hydrogens is 260 g/mol. The molecule has 2 rings (SSSR count). The van der Waals surface area contributed by atoms with Gasteiger partial charge in [0.05, 0.1) is 6.61 Å². The van der Waals surface area contributed by atoms with Crippen molar-refractivity contribution >= 4 is 0 Å². The first-order valence-corrected chi connectivity index (χ1v) is 6.49. The molecule has 0 bridgehead atoms. The Morgan fingerprint density at radius 1 is 1.45 bits per heavy atom. The van der Waals surface area contributed by atoms with E-state index in [1.54, 1.807) is 11.6 Å². The van der Waals surface area contributed by atoms with E-state index in [1.165, 1.54) is 6.07 Å². The molecule has 0 saturated heterocycles. The van der Waals surface area contributed by atoms with Crippen LogP contribution in [0.15, 0.2) is 15.4 Å². The van der Waals surface area contributed by atoms with Crippen molar-refractivity contribution in [1.29, 1.82) is 0 Å². The summed E-state index contributed by atoms with van der Waals surface area (Å²) < 4.78 is 6.73. The van der Waals surface area contributed by atoms with Crippen molar-refractivity contribution in [2.75, 3.05) is 0 Å². The van der Waals surface area contributed by atoms with Crippen molar-refractivity contribution < 1.29 is 9.63 Å². The second-order valence-electron chi connectivity index (χ2n) is 5.11. The maximum absolute atomic E-state index is 11.5. The molecule has 0 aliphatic heterocycles. The summed E-state index contributed by atoms with van der Waals surface area (Å²) in [5.41, 5.74) is 0.514. The van der Waals surface area contributed by atoms with Crippen molar-refractivity contribution in [2.45, 2.75) is 40.3 Å². The lowest BCUT2D eigenvalue weighted by Gasteiger charge is -2.07. The molecule has 20 heavy (non-hydrogen) atoms. The van der Waals surface area contributed by atoms with Crippen LogP contribution in [-0.2, 0) is 19.6 Å². The molecule has 0 aliphatic rings. The molecule has 0 unspecified atom stereocenters. The predicted molar refractivity (Wildman–Crippen MR) is 71.1 cm³/mol. The zero-order valence-corrected chi connectivity index (χ0v) is 11.8. The van der Waals surface area contributed by atoms with Crippen molar-refractivity contribution in [3.63, 3.8) is 0 Å². The van der Waals surface area contributed by atoms with Crippen LogP contribution in [0.2, 0.25) is 0 Å². The van der Waals surface area contributed by atoms with E-state index in [1.807, 2.05) is 0 Å². The van der Waals surface area contributed by atoms with Gasteiger partial charge >= 0.3 is 0 Å². The monoisotopic (exact) mass is 278 g/mol. The average molecular weight is 278 g/mol. The van der Waals surface area contributed by atoms with Gasteiger partial charge in [-0.25, -0.2) is 0 Å². The van der Waals surface area contributed by atoms with Gasteiger partial charge in [0.2, 0.25) is 11.3 Å². The lowest BCUT2D eigenvalue weighted by molar-refractivity contribution is 0.270. The molecule has 2 aromatic rings. The van der Waals surface area contributed by atoms with E-state index >= 15 is 0 Å². The third-order valence-corrected chi connectivity index (χ3v) is 2.81. The van der Waals surface area contributed by atoms with Crippen LogP contribution in [0.1, 0.15) is 37.0 Å². The van der Waals surface area contributed by atoms with Gasteiger partial charge in [-0.1, -0.05) is 19.0 Å². The average Bonchev–Trinajstić information content (AvgIpc) is 2.79. The van der Waals surface area contributed by atoms with Gasteiger partial charge in [0.15, 0.2) is 5.82 Å². The van der Waals surface area contributed by atoms with Crippen LogP contribution in [0.4, 0.5) is 0 Å². The number of aliphatic hydroxyl groups excluding tert-OH is 1. The zero-order valence-electron chi connectivity index (χ0n) is 11.8. The van der Waals surface area contributed by atoms with Crippen LogP contribution >= 0.6 is 0 Å². The van der Waals surface area contributed by atoms with Crippen LogP contribution < -0.4 is 5.43 Å². The quantitative estimate of drug-likeness (QED) is 0.864. The number of nitrogens with zero attached hydrogens (tertiary/aromatic N) is 4. The Hall–Kier alpha value is -2.02. The normalized spacial score (nSPS) is 11.2. The Morgan fingerprint density at radius 2 is 2.20 bits per heavy atom. The molecule has 0 aliphatic carbocycles. The topological polar surface area (TPSA) is 94.0 Å². The minimum atomic E-state index is -0.387. The fourth-order valence-electron chi connectivity index (χ4n) is 1.82. The number of rotatable bonds is 5. The van der Waals surface area contributed by atoms with E-state index in [0.717, 1.165) is 6.42 Å². The molecular formula is C13H18N4O3. The van der Waals surface area contributed by atoms with Gasteiger partial charge in [-0.15, -0.1) is 0 Å². The minimum Gasteiger partial charge on any atom is -0.390 e. The first-order chi connectivity index (χ1) is 9.49. The number of aryl methyl sites for hydroxylation is 1. The lowest BCUT2D eigenvalue weighted by Crippen LogP contribution is -2.20. The Bertz CT molecular complexity index is 645. The molecule has 0 radical (unpaired) electrons. The van der Waals surface area contributed by atoms with Gasteiger partial charge in [0, 0.05) is 18.2 Å². The van der Waals surface area contributed by atoms with E-state index in [4.69, 9.17) is 9.63 Å². The largest absolute Gasteiger partial charge is 0.390 e. The third-order valence-electron chi connectivity index (χ3n) is 2.81. The lowest BCUT2D eigenvalue weighted by atomic mass is 10.1. The first kappa shape index (κ1) is 14.4. The highest BCUT2D eigenvalue weighted by atomic mass is 16.5. The number of hydrogen-bond donors (Lipinski definition) is 1. The van der Waals surface area contributed by atoms with Crippen LogP contribution in [0, 0.1) is 12.8 Å². The van der Waals surface area contributed by atoms with E-state index in [-0.39, 0.29) is 24.3 Å². The molecule has 2 aromatic heterocycles. The van der Waals surface area contributed by atoms with Gasteiger partial charge in [0.25, 0.3) is 0 Å². The second-order valence-corrected chi connectivity index (χ2v) is 5.11. The van der Waals surface area contributed by atoms with Gasteiger partial charge in [-0.3, -0.25) is 9.48 Å². The molecule has 0 fully saturated rings. The molecule has 0 spiro atoms. The maximum atomic E-state index is 11.5. The number of aliphatic hydroxyl groups is 1. The van der Waals surface area contributed by atoms with Gasteiger partial charge in [-0.2, -0.15) is 10.1 Å². The Kier molecular flexibility index (Phi) is 4.29. The summed E-state index contributed by atoms with van der Waals surface area (Å²) in [5.74, 6) is 1.55. The molecule has 7 nitrogen and oxygen atoms in total. The first-order valence-electron chi connectivity index (χ1n) is 6.49. The summed E-state index contributed by atoms with van der Waals surface area (Å²) in [6.45, 7) is 5.82. The summed E-state index contributed by atoms with van der Waals surface area (Å²) >= 11 is 0. The fraction of sp³-hybridized carbons (Fsp3) is 0.538. The molecule has 7 heteroatoms. The number of hydrogen-bond acceptors (Lipinski definition) is 6. The van der Waals surface area contributed by atoms with Crippen molar-refractivity contribution in [3.05, 3.63) is 39.4 Å². The molecule has 2 heterocycles. The summed E-state index contributed by atoms with van der Waals surface area (Å²) in [6, 6.07) is 1.43. The van der Waals surface area contributed by atoms with E-state index in [9.17, 15) is 4.79 Å². The van der Waals surface area contributed by atoms with Crippen LogP contribution in [0.5, 0.6) is 0 Å². The predicted octanol–water partition coefficient (Wildman–Crippen LogP) is 0.674. The molecule has 1 N–H and O–H groups in total. The van der Waals surface area contributed by atoms with Gasteiger partial charge in [0.1, 0.15) is 12.2 Å². The van der Waals surface area contributed by atoms with Crippen molar-refractivity contribution in [2.24, 2.45) is 5.92 Å². The van der Waals surface area contributed by atoms with Crippen LogP contribution in [0.25, 0.3) is 0 Å². The third kappa shape index (κ3) is 3.30. The number of aromatic nitrogens is 4. The Morgan fingerprint density at radius 3 is 2.85 bits per heavy atom. The standard InChI is InChI=1S/C13H18N4O3/c1-8(2)4-12-14-13(20-16-12)6-17-9(3)5-11(19)10(7-18)15-17/h5,8,18H,4,6-7H2,1-3H3. The summed E-state index contributed by atoms with van der Waals surface area (Å²) in [6.07, 6.45) is 0.752. The van der Waals surface area contributed by atoms with E-state index < -0.39 is 0 Å². The van der Waals surface area contributed by atoms with E-state index in [2.05, 4.69) is 29.1 Å². The van der Waals surface area contributed by atoms with Crippen LogP contribution in [-0.4, -0.2) is 25.0 Å². The van der Waals surface area contributed by atoms with Crippen molar-refractivity contribution in [1.82, 2.24) is 19.9 Å². The van der Waals surface area contributed by atoms with Crippen LogP contribution in [0.3, 0.4) is 0 Å². The Balaban J connectivity index is 2.21. The summed E-state index contributed by atoms with van der Waals surface area (Å²) in [7, 11) is 0. The maximum Gasteiger partial charge on any atom is 0.248 e. The highest BCUT2D eigenvalue weighted by Crippen LogP contribution is 2.06. The smallest absolute Gasteiger partial charge is 0.248 e. The van der Waals surface area contributed by atoms with Gasteiger partial charge < -0.3 is 9.63 Å².